The van der Waals surface area contributed by atoms with E-state index in [0.717, 1.165) is 6.42 Å². The minimum atomic E-state index is -3.29. The molecule has 3 atom stereocenters. The standard InChI is InChI=1S/C22H39N3O4S/c1-15(2)21-12-19(13-22(27)25-9-7-24(8-10-25)18(6)26)17(5)11-20(21)14-23-30(28,29)16(3)4/h11,15-16,19-21,23H,7-10,12-14H2,1-6H3. The number of carbonyl (C=O) groups excluding carboxylic acids is 2. The van der Waals surface area contributed by atoms with E-state index in [9.17, 15) is 18.0 Å². The number of amides is 2. The average molecular weight is 442 g/mol. The van der Waals surface area contributed by atoms with Gasteiger partial charge in [-0.05, 0) is 50.9 Å². The van der Waals surface area contributed by atoms with Crippen molar-refractivity contribution in [1.82, 2.24) is 14.5 Å². The highest BCUT2D eigenvalue weighted by atomic mass is 32.2. The van der Waals surface area contributed by atoms with Crippen LogP contribution < -0.4 is 4.72 Å². The monoisotopic (exact) mass is 441 g/mol. The van der Waals surface area contributed by atoms with Gasteiger partial charge in [-0.1, -0.05) is 25.5 Å². The lowest BCUT2D eigenvalue weighted by molar-refractivity contribution is -0.139. The Morgan fingerprint density at radius 1 is 1.10 bits per heavy atom. The maximum Gasteiger partial charge on any atom is 0.223 e. The van der Waals surface area contributed by atoms with Crippen molar-refractivity contribution in [3.63, 3.8) is 0 Å². The first-order valence-corrected chi connectivity index (χ1v) is 12.7. The maximum atomic E-state index is 12.9. The molecule has 0 aromatic rings. The van der Waals surface area contributed by atoms with Crippen molar-refractivity contribution in [3.8, 4) is 0 Å². The van der Waals surface area contributed by atoms with Gasteiger partial charge in [0.05, 0.1) is 5.25 Å². The van der Waals surface area contributed by atoms with Crippen molar-refractivity contribution >= 4 is 21.8 Å². The molecule has 3 unspecified atom stereocenters. The van der Waals surface area contributed by atoms with E-state index in [0.29, 0.717) is 51.0 Å². The Kier molecular flexibility index (Phi) is 8.51. The summed E-state index contributed by atoms with van der Waals surface area (Å²) in [6.45, 7) is 14.1. The molecular weight excluding hydrogens is 402 g/mol. The smallest absolute Gasteiger partial charge is 0.223 e. The van der Waals surface area contributed by atoms with Crippen LogP contribution in [0.2, 0.25) is 0 Å². The van der Waals surface area contributed by atoms with Gasteiger partial charge in [-0.15, -0.1) is 0 Å². The first-order valence-electron chi connectivity index (χ1n) is 11.1. The maximum absolute atomic E-state index is 12.9. The highest BCUT2D eigenvalue weighted by Crippen LogP contribution is 2.39. The lowest BCUT2D eigenvalue weighted by Gasteiger charge is -2.39. The number of hydrogen-bond donors (Lipinski definition) is 1. The normalized spacial score (nSPS) is 25.6. The van der Waals surface area contributed by atoms with Crippen LogP contribution in [0.25, 0.3) is 0 Å². The fraction of sp³-hybridized carbons (Fsp3) is 0.818. The van der Waals surface area contributed by atoms with E-state index in [1.54, 1.807) is 25.7 Å². The van der Waals surface area contributed by atoms with Gasteiger partial charge < -0.3 is 9.80 Å². The molecule has 30 heavy (non-hydrogen) atoms. The summed E-state index contributed by atoms with van der Waals surface area (Å²) in [5.74, 6) is 1.28. The highest BCUT2D eigenvalue weighted by molar-refractivity contribution is 7.90. The molecule has 0 bridgehead atoms. The van der Waals surface area contributed by atoms with E-state index in [4.69, 9.17) is 0 Å². The Labute approximate surface area is 182 Å². The fourth-order valence-electron chi connectivity index (χ4n) is 4.50. The van der Waals surface area contributed by atoms with Crippen LogP contribution in [0.1, 0.15) is 54.4 Å². The zero-order valence-corrected chi connectivity index (χ0v) is 20.2. The largest absolute Gasteiger partial charge is 0.339 e. The van der Waals surface area contributed by atoms with Crippen molar-refractivity contribution in [1.29, 1.82) is 0 Å². The van der Waals surface area contributed by atoms with Crippen molar-refractivity contribution in [2.75, 3.05) is 32.7 Å². The molecule has 0 saturated carbocycles. The van der Waals surface area contributed by atoms with Gasteiger partial charge in [0.1, 0.15) is 0 Å². The van der Waals surface area contributed by atoms with Gasteiger partial charge in [0.25, 0.3) is 0 Å². The summed E-state index contributed by atoms with van der Waals surface area (Å²) in [5, 5.41) is -0.447. The number of piperazine rings is 1. The van der Waals surface area contributed by atoms with Gasteiger partial charge in [-0.3, -0.25) is 9.59 Å². The molecule has 0 spiro atoms. The molecule has 1 aliphatic heterocycles. The number of sulfonamides is 1. The Morgan fingerprint density at radius 2 is 1.67 bits per heavy atom. The molecule has 8 heteroatoms. The topological polar surface area (TPSA) is 86.8 Å². The molecular formula is C22H39N3O4S. The summed E-state index contributed by atoms with van der Waals surface area (Å²) in [7, 11) is -3.29. The van der Waals surface area contributed by atoms with Crippen LogP contribution in [-0.2, 0) is 19.6 Å². The van der Waals surface area contributed by atoms with E-state index in [1.165, 1.54) is 5.57 Å². The van der Waals surface area contributed by atoms with Gasteiger partial charge in [0.2, 0.25) is 21.8 Å². The van der Waals surface area contributed by atoms with Crippen molar-refractivity contribution in [3.05, 3.63) is 11.6 Å². The van der Waals surface area contributed by atoms with Gasteiger partial charge in [0, 0.05) is 46.1 Å². The minimum Gasteiger partial charge on any atom is -0.339 e. The summed E-state index contributed by atoms with van der Waals surface area (Å²) in [6, 6.07) is 0. The molecule has 0 radical (unpaired) electrons. The molecule has 172 valence electrons. The molecule has 2 aliphatic rings. The van der Waals surface area contributed by atoms with Gasteiger partial charge in [-0.2, -0.15) is 0 Å². The third-order valence-electron chi connectivity index (χ3n) is 6.72. The minimum absolute atomic E-state index is 0.0621. The molecule has 1 saturated heterocycles. The summed E-state index contributed by atoms with van der Waals surface area (Å²) in [4.78, 5) is 28.0. The van der Waals surface area contributed by atoms with Crippen molar-refractivity contribution in [2.24, 2.45) is 23.7 Å². The Bertz CT molecular complexity index is 752. The third kappa shape index (κ3) is 6.30. The Balaban J connectivity index is 2.01. The number of rotatable bonds is 7. The third-order valence-corrected chi connectivity index (χ3v) is 8.53. The summed E-state index contributed by atoms with van der Waals surface area (Å²) >= 11 is 0. The Hall–Kier alpha value is -1.41. The molecule has 0 aromatic carbocycles. The van der Waals surface area contributed by atoms with E-state index in [-0.39, 0.29) is 23.7 Å². The van der Waals surface area contributed by atoms with Gasteiger partial charge in [-0.25, -0.2) is 13.1 Å². The second-order valence-electron chi connectivity index (χ2n) is 9.45. The fourth-order valence-corrected chi connectivity index (χ4v) is 5.26. The molecule has 1 aliphatic carbocycles. The van der Waals surface area contributed by atoms with Crippen LogP contribution in [0.3, 0.4) is 0 Å². The molecule has 2 rings (SSSR count). The molecule has 1 N–H and O–H groups in total. The summed E-state index contributed by atoms with van der Waals surface area (Å²) < 4.78 is 27.1. The number of carbonyl (C=O) groups is 2. The van der Waals surface area contributed by atoms with Crippen LogP contribution >= 0.6 is 0 Å². The second kappa shape index (κ2) is 10.3. The molecule has 0 aromatic heterocycles. The zero-order chi connectivity index (χ0) is 22.6. The van der Waals surface area contributed by atoms with Crippen LogP contribution in [0, 0.1) is 23.7 Å². The van der Waals surface area contributed by atoms with Crippen LogP contribution in [0.5, 0.6) is 0 Å². The summed E-state index contributed by atoms with van der Waals surface area (Å²) in [6.07, 6.45) is 3.56. The predicted molar refractivity (Wildman–Crippen MR) is 119 cm³/mol. The number of allylic oxidation sites excluding steroid dienone is 1. The summed E-state index contributed by atoms with van der Waals surface area (Å²) in [5.41, 5.74) is 1.18. The predicted octanol–water partition coefficient (Wildman–Crippen LogP) is 2.25. The number of nitrogens with one attached hydrogen (secondary N) is 1. The first kappa shape index (κ1) is 24.9. The first-order chi connectivity index (χ1) is 13.9. The van der Waals surface area contributed by atoms with Crippen LogP contribution in [0.4, 0.5) is 0 Å². The molecule has 1 heterocycles. The quantitative estimate of drug-likeness (QED) is 0.614. The Morgan fingerprint density at radius 3 is 2.17 bits per heavy atom. The lowest BCUT2D eigenvalue weighted by Crippen LogP contribution is -2.50. The number of nitrogens with zero attached hydrogens (tertiary/aromatic N) is 2. The zero-order valence-electron chi connectivity index (χ0n) is 19.3. The van der Waals surface area contributed by atoms with Gasteiger partial charge in [0.15, 0.2) is 0 Å². The number of hydrogen-bond acceptors (Lipinski definition) is 4. The van der Waals surface area contributed by atoms with Crippen LogP contribution in [-0.4, -0.2) is 68.0 Å². The molecule has 1 fully saturated rings. The van der Waals surface area contributed by atoms with E-state index >= 15 is 0 Å². The highest BCUT2D eigenvalue weighted by Gasteiger charge is 2.34. The SMILES string of the molecule is CC(=O)N1CCN(C(=O)CC2CC(C(C)C)C(CNS(=O)(=O)C(C)C)C=C2C)CC1. The van der Waals surface area contributed by atoms with Crippen molar-refractivity contribution in [2.45, 2.75) is 59.6 Å². The molecule has 7 nitrogen and oxygen atoms in total. The van der Waals surface area contributed by atoms with Gasteiger partial charge >= 0.3 is 0 Å². The second-order valence-corrected chi connectivity index (χ2v) is 11.8. The van der Waals surface area contributed by atoms with E-state index in [2.05, 4.69) is 31.6 Å². The van der Waals surface area contributed by atoms with Crippen LogP contribution in [0.15, 0.2) is 11.6 Å². The van der Waals surface area contributed by atoms with Crippen molar-refractivity contribution < 1.29 is 18.0 Å². The van der Waals surface area contributed by atoms with E-state index in [1.807, 2.05) is 4.90 Å². The van der Waals surface area contributed by atoms with E-state index < -0.39 is 15.3 Å². The lowest BCUT2D eigenvalue weighted by atomic mass is 9.70. The molecule has 2 amide bonds. The average Bonchev–Trinajstić information content (AvgIpc) is 2.67.